The number of aryl methyl sites for hydroxylation is 1. The third-order valence-corrected chi connectivity index (χ3v) is 3.44. The summed E-state index contributed by atoms with van der Waals surface area (Å²) in [5.41, 5.74) is 12.7. The Balaban J connectivity index is 2.11. The fourth-order valence-electron chi connectivity index (χ4n) is 2.12. The van der Waals surface area contributed by atoms with Gasteiger partial charge in [-0.25, -0.2) is 14.8 Å². The topological polar surface area (TPSA) is 156 Å². The maximum Gasteiger partial charge on any atom is 0.358 e. The van der Waals surface area contributed by atoms with E-state index in [-0.39, 0.29) is 29.5 Å². The predicted molar refractivity (Wildman–Crippen MR) is 89.4 cm³/mol. The van der Waals surface area contributed by atoms with Gasteiger partial charge in [0.1, 0.15) is 0 Å². The third kappa shape index (κ3) is 3.72. The van der Waals surface area contributed by atoms with Crippen LogP contribution in [0.2, 0.25) is 0 Å². The van der Waals surface area contributed by atoms with Gasteiger partial charge in [0.05, 0.1) is 0 Å². The Labute approximate surface area is 138 Å². The van der Waals surface area contributed by atoms with Crippen LogP contribution in [0.15, 0.2) is 24.3 Å². The van der Waals surface area contributed by atoms with Gasteiger partial charge in [0.2, 0.25) is 0 Å². The van der Waals surface area contributed by atoms with Crippen molar-refractivity contribution >= 4 is 29.1 Å². The molecule has 0 saturated carbocycles. The molecule has 2 aromatic rings. The predicted octanol–water partition coefficient (Wildman–Crippen LogP) is 1.54. The highest BCUT2D eigenvalue weighted by atomic mass is 16.4. The second-order valence-corrected chi connectivity index (χ2v) is 5.24. The number of anilines is 2. The molecule has 0 radical (unpaired) electrons. The van der Waals surface area contributed by atoms with E-state index >= 15 is 0 Å². The lowest BCUT2D eigenvalue weighted by molar-refractivity contribution is 0.0690. The minimum absolute atomic E-state index is 0.121. The molecule has 8 nitrogen and oxygen atoms in total. The highest BCUT2D eigenvalue weighted by Crippen LogP contribution is 2.16. The molecule has 1 aromatic carbocycles. The number of carbonyl (C=O) groups excluding carboxylic acids is 1. The number of nitrogens with zero attached hydrogens (tertiary/aromatic N) is 2. The van der Waals surface area contributed by atoms with Crippen molar-refractivity contribution in [1.82, 2.24) is 9.97 Å². The summed E-state index contributed by atoms with van der Waals surface area (Å²) >= 11 is 0. The van der Waals surface area contributed by atoms with Gasteiger partial charge in [-0.2, -0.15) is 0 Å². The van der Waals surface area contributed by atoms with Gasteiger partial charge in [0.15, 0.2) is 28.8 Å². The van der Waals surface area contributed by atoms with Crippen molar-refractivity contribution in [3.05, 3.63) is 46.8 Å². The first kappa shape index (κ1) is 17.1. The summed E-state index contributed by atoms with van der Waals surface area (Å²) in [6.07, 6.45) is 0.589. The van der Waals surface area contributed by atoms with E-state index < -0.39 is 11.7 Å². The van der Waals surface area contributed by atoms with E-state index in [9.17, 15) is 9.59 Å². The maximum atomic E-state index is 12.2. The summed E-state index contributed by atoms with van der Waals surface area (Å²) in [5, 5.41) is 16.4. The number of nitrogens with two attached hydrogens (primary N) is 2. The normalized spacial score (nSPS) is 10.4. The summed E-state index contributed by atoms with van der Waals surface area (Å²) in [7, 11) is 0. The maximum absolute atomic E-state index is 12.2. The van der Waals surface area contributed by atoms with E-state index in [2.05, 4.69) is 9.97 Å². The van der Waals surface area contributed by atoms with Gasteiger partial charge >= 0.3 is 5.97 Å². The highest BCUT2D eigenvalue weighted by molar-refractivity contribution is 6.00. The van der Waals surface area contributed by atoms with Crippen molar-refractivity contribution in [3.63, 3.8) is 0 Å². The van der Waals surface area contributed by atoms with Crippen LogP contribution in [0.5, 0.6) is 0 Å². The molecule has 0 aliphatic rings. The minimum atomic E-state index is -1.35. The molecule has 124 valence electrons. The first-order valence-corrected chi connectivity index (χ1v) is 7.13. The quantitative estimate of drug-likeness (QED) is 0.463. The average molecular weight is 327 g/mol. The summed E-state index contributed by atoms with van der Waals surface area (Å²) in [5.74, 6) is -2.31. The van der Waals surface area contributed by atoms with Crippen LogP contribution in [0.25, 0.3) is 0 Å². The average Bonchev–Trinajstić information content (AvgIpc) is 2.54. The monoisotopic (exact) mass is 327 g/mol. The number of carbonyl (C=O) groups is 2. The number of carboxylic acids is 1. The van der Waals surface area contributed by atoms with E-state index in [0.29, 0.717) is 12.1 Å². The Morgan fingerprint density at radius 2 is 1.62 bits per heavy atom. The fourth-order valence-corrected chi connectivity index (χ4v) is 2.12. The molecule has 0 bridgehead atoms. The fraction of sp³-hybridized carbons (Fsp3) is 0.188. The highest BCUT2D eigenvalue weighted by Gasteiger charge is 2.19. The molecule has 6 N–H and O–H groups in total. The van der Waals surface area contributed by atoms with E-state index in [1.165, 1.54) is 0 Å². The van der Waals surface area contributed by atoms with Crippen molar-refractivity contribution in [2.75, 3.05) is 11.5 Å². The number of carboxylic acid groups (broad SMARTS) is 1. The summed E-state index contributed by atoms with van der Waals surface area (Å²) in [4.78, 5) is 30.5. The lowest BCUT2D eigenvalue weighted by Crippen LogP contribution is -2.16. The number of nitrogen functional groups attached to an aromatic ring is 2. The molecule has 0 saturated heterocycles. The Kier molecular flexibility index (Phi) is 4.88. The lowest BCUT2D eigenvalue weighted by atomic mass is 10.0. The number of hydrogen-bond donors (Lipinski definition) is 4. The van der Waals surface area contributed by atoms with Crippen LogP contribution in [-0.4, -0.2) is 32.5 Å². The smallest absolute Gasteiger partial charge is 0.358 e. The van der Waals surface area contributed by atoms with Crippen LogP contribution in [-0.2, 0) is 6.42 Å². The molecule has 2 rings (SSSR count). The van der Waals surface area contributed by atoms with Gasteiger partial charge in [0, 0.05) is 12.1 Å². The van der Waals surface area contributed by atoms with E-state index in [1.54, 1.807) is 6.92 Å². The number of benzene rings is 1. The van der Waals surface area contributed by atoms with Crippen LogP contribution in [0.4, 0.5) is 11.6 Å². The zero-order valence-electron chi connectivity index (χ0n) is 13.0. The molecule has 0 aliphatic carbocycles. The van der Waals surface area contributed by atoms with Gasteiger partial charge in [-0.15, -0.1) is 0 Å². The number of aromatic carboxylic acids is 1. The molecule has 24 heavy (non-hydrogen) atoms. The molecule has 0 amide bonds. The van der Waals surface area contributed by atoms with Crippen molar-refractivity contribution in [1.29, 1.82) is 5.41 Å². The van der Waals surface area contributed by atoms with Crippen molar-refractivity contribution < 1.29 is 14.7 Å². The summed E-state index contributed by atoms with van der Waals surface area (Å²) in [6, 6.07) is 7.32. The third-order valence-electron chi connectivity index (χ3n) is 3.44. The van der Waals surface area contributed by atoms with Gasteiger partial charge in [-0.3, -0.25) is 4.79 Å². The van der Waals surface area contributed by atoms with Crippen LogP contribution >= 0.6 is 0 Å². The summed E-state index contributed by atoms with van der Waals surface area (Å²) < 4.78 is 0. The Hall–Kier alpha value is -3.29. The number of hydrogen-bond acceptors (Lipinski definition) is 7. The molecule has 0 atom stereocenters. The minimum Gasteiger partial charge on any atom is -0.476 e. The van der Waals surface area contributed by atoms with Crippen LogP contribution < -0.4 is 11.5 Å². The Morgan fingerprint density at radius 3 is 2.17 bits per heavy atom. The van der Waals surface area contributed by atoms with Crippen LogP contribution in [0.3, 0.4) is 0 Å². The molecule has 0 fully saturated rings. The number of aromatic nitrogens is 2. The second kappa shape index (κ2) is 6.86. The molecule has 8 heteroatoms. The van der Waals surface area contributed by atoms with Crippen molar-refractivity contribution in [2.45, 2.75) is 19.8 Å². The zero-order chi connectivity index (χ0) is 17.9. The molecular weight excluding hydrogens is 310 g/mol. The first-order chi connectivity index (χ1) is 11.3. The van der Waals surface area contributed by atoms with Gasteiger partial charge < -0.3 is 22.0 Å². The number of Topliss-reactive ketones (excluding diaryl/α,β-unsaturated/α-hetero) is 1. The Morgan fingerprint density at radius 1 is 1.08 bits per heavy atom. The molecular formula is C16H17N5O3. The lowest BCUT2D eigenvalue weighted by Gasteiger charge is -2.07. The van der Waals surface area contributed by atoms with Gasteiger partial charge in [-0.05, 0) is 24.5 Å². The second-order valence-electron chi connectivity index (χ2n) is 5.24. The number of rotatable bonds is 6. The van der Waals surface area contributed by atoms with Crippen LogP contribution in [0, 0.1) is 5.41 Å². The van der Waals surface area contributed by atoms with E-state index in [4.69, 9.17) is 22.0 Å². The first-order valence-electron chi connectivity index (χ1n) is 7.13. The van der Waals surface area contributed by atoms with Gasteiger partial charge in [-0.1, -0.05) is 24.3 Å². The SMILES string of the molecule is CC(=N)c1ccc(CCC(=O)c2nc(N)c(C(=O)O)nc2N)cc1. The van der Waals surface area contributed by atoms with Crippen molar-refractivity contribution in [2.24, 2.45) is 0 Å². The molecule has 0 aliphatic heterocycles. The molecule has 0 unspecified atom stereocenters. The molecule has 1 aromatic heterocycles. The van der Waals surface area contributed by atoms with E-state index in [0.717, 1.165) is 11.1 Å². The van der Waals surface area contributed by atoms with Crippen LogP contribution in [0.1, 0.15) is 45.4 Å². The van der Waals surface area contributed by atoms with Crippen molar-refractivity contribution in [3.8, 4) is 0 Å². The summed E-state index contributed by atoms with van der Waals surface area (Å²) in [6.45, 7) is 1.70. The Bertz CT molecular complexity index is 815. The largest absolute Gasteiger partial charge is 0.476 e. The number of ketones is 1. The standard InChI is InChI=1S/C16H17N5O3/c1-8(17)10-5-2-9(3-6-10)4-7-11(22)12-14(18)21-13(16(23)24)15(19)20-12/h2-3,5-6,17H,4,7H2,1H3,(H2,18,21)(H2,19,20)(H,23,24). The molecule has 0 spiro atoms. The number of nitrogens with one attached hydrogen (secondary N) is 1. The molecule has 1 heterocycles. The van der Waals surface area contributed by atoms with E-state index in [1.807, 2.05) is 24.3 Å². The van der Waals surface area contributed by atoms with Gasteiger partial charge in [0.25, 0.3) is 0 Å². The zero-order valence-corrected chi connectivity index (χ0v) is 13.0.